The van der Waals surface area contributed by atoms with Crippen molar-refractivity contribution in [3.8, 4) is 11.5 Å². The van der Waals surface area contributed by atoms with E-state index in [2.05, 4.69) is 10.6 Å². The number of amides is 2. The van der Waals surface area contributed by atoms with Gasteiger partial charge in [-0.2, -0.15) is 0 Å². The van der Waals surface area contributed by atoms with Gasteiger partial charge in [-0.1, -0.05) is 18.2 Å². The SMILES string of the molecule is CCOC(=O)c1ccccc1NC(=O)C(=O)NCCc1ccc(OC)c(OC)c1. The third kappa shape index (κ3) is 5.97. The van der Waals surface area contributed by atoms with Gasteiger partial charge in [0.15, 0.2) is 11.5 Å². The van der Waals surface area contributed by atoms with E-state index in [4.69, 9.17) is 14.2 Å². The molecule has 0 atom stereocenters. The molecule has 2 aromatic rings. The molecule has 0 fully saturated rings. The number of hydrogen-bond donors (Lipinski definition) is 2. The van der Waals surface area contributed by atoms with Crippen LogP contribution in [0.25, 0.3) is 0 Å². The molecule has 2 amide bonds. The number of benzene rings is 2. The van der Waals surface area contributed by atoms with Crippen molar-refractivity contribution in [1.29, 1.82) is 0 Å². The standard InChI is InChI=1S/C21H24N2O6/c1-4-29-21(26)15-7-5-6-8-16(15)23-20(25)19(24)22-12-11-14-9-10-17(27-2)18(13-14)28-3/h5-10,13H,4,11-12H2,1-3H3,(H,22,24)(H,23,25). The van der Waals surface area contributed by atoms with Crippen LogP contribution in [0, 0.1) is 0 Å². The van der Waals surface area contributed by atoms with Gasteiger partial charge < -0.3 is 24.8 Å². The first-order chi connectivity index (χ1) is 14.0. The average Bonchev–Trinajstić information content (AvgIpc) is 2.73. The highest BCUT2D eigenvalue weighted by Gasteiger charge is 2.18. The minimum atomic E-state index is -0.867. The summed E-state index contributed by atoms with van der Waals surface area (Å²) in [6, 6.07) is 11.8. The molecule has 154 valence electrons. The van der Waals surface area contributed by atoms with Crippen LogP contribution in [0.3, 0.4) is 0 Å². The molecule has 2 rings (SSSR count). The Morgan fingerprint density at radius 1 is 0.931 bits per heavy atom. The van der Waals surface area contributed by atoms with Crippen LogP contribution in [0.2, 0.25) is 0 Å². The van der Waals surface area contributed by atoms with E-state index in [1.54, 1.807) is 45.4 Å². The lowest BCUT2D eigenvalue weighted by Crippen LogP contribution is -2.36. The summed E-state index contributed by atoms with van der Waals surface area (Å²) in [5.41, 5.74) is 1.31. The Bertz CT molecular complexity index is 881. The maximum absolute atomic E-state index is 12.2. The smallest absolute Gasteiger partial charge is 0.340 e. The highest BCUT2D eigenvalue weighted by molar-refractivity contribution is 6.40. The first-order valence-corrected chi connectivity index (χ1v) is 9.06. The number of hydrogen-bond acceptors (Lipinski definition) is 6. The summed E-state index contributed by atoms with van der Waals surface area (Å²) in [7, 11) is 3.10. The molecule has 0 unspecified atom stereocenters. The molecule has 0 saturated carbocycles. The number of carbonyl (C=O) groups is 3. The lowest BCUT2D eigenvalue weighted by atomic mass is 10.1. The monoisotopic (exact) mass is 400 g/mol. The van der Waals surface area contributed by atoms with Crippen molar-refractivity contribution in [2.75, 3.05) is 32.7 Å². The molecule has 0 aliphatic carbocycles. The maximum atomic E-state index is 12.2. The van der Waals surface area contributed by atoms with E-state index in [9.17, 15) is 14.4 Å². The number of carbonyl (C=O) groups excluding carboxylic acids is 3. The lowest BCUT2D eigenvalue weighted by Gasteiger charge is -2.11. The lowest BCUT2D eigenvalue weighted by molar-refractivity contribution is -0.136. The molecule has 0 aliphatic rings. The molecule has 0 heterocycles. The summed E-state index contributed by atoms with van der Waals surface area (Å²) in [5.74, 6) is -1.04. The fourth-order valence-electron chi connectivity index (χ4n) is 2.59. The van der Waals surface area contributed by atoms with Crippen LogP contribution >= 0.6 is 0 Å². The Morgan fingerprint density at radius 3 is 2.34 bits per heavy atom. The van der Waals surface area contributed by atoms with Gasteiger partial charge in [0.05, 0.1) is 32.1 Å². The van der Waals surface area contributed by atoms with Crippen molar-refractivity contribution in [3.05, 3.63) is 53.6 Å². The first-order valence-electron chi connectivity index (χ1n) is 9.06. The average molecular weight is 400 g/mol. The number of anilines is 1. The van der Waals surface area contributed by atoms with Gasteiger partial charge >= 0.3 is 17.8 Å². The molecule has 2 aromatic carbocycles. The number of para-hydroxylation sites is 1. The fraction of sp³-hybridized carbons (Fsp3) is 0.286. The van der Waals surface area contributed by atoms with Crippen molar-refractivity contribution in [2.24, 2.45) is 0 Å². The van der Waals surface area contributed by atoms with Crippen molar-refractivity contribution in [2.45, 2.75) is 13.3 Å². The summed E-state index contributed by atoms with van der Waals surface area (Å²) >= 11 is 0. The van der Waals surface area contributed by atoms with Gasteiger partial charge in [0, 0.05) is 6.54 Å². The van der Waals surface area contributed by atoms with Crippen LogP contribution in [0.4, 0.5) is 5.69 Å². The van der Waals surface area contributed by atoms with Crippen LogP contribution in [-0.2, 0) is 20.7 Å². The van der Waals surface area contributed by atoms with Crippen LogP contribution in [-0.4, -0.2) is 45.2 Å². The number of esters is 1. The topological polar surface area (TPSA) is 103 Å². The highest BCUT2D eigenvalue weighted by Crippen LogP contribution is 2.27. The number of nitrogens with one attached hydrogen (secondary N) is 2. The molecule has 0 aliphatic heterocycles. The Labute approximate surface area is 169 Å². The number of ether oxygens (including phenoxy) is 3. The highest BCUT2D eigenvalue weighted by atomic mass is 16.5. The largest absolute Gasteiger partial charge is 0.493 e. The third-order valence-electron chi connectivity index (χ3n) is 4.02. The normalized spacial score (nSPS) is 10.0. The van der Waals surface area contributed by atoms with Crippen LogP contribution in [0.5, 0.6) is 11.5 Å². The molecule has 0 spiro atoms. The number of rotatable bonds is 8. The minimum Gasteiger partial charge on any atom is -0.493 e. The Kier molecular flexibility index (Phi) is 8.02. The van der Waals surface area contributed by atoms with E-state index < -0.39 is 17.8 Å². The Balaban J connectivity index is 1.92. The molecular weight excluding hydrogens is 376 g/mol. The van der Waals surface area contributed by atoms with E-state index >= 15 is 0 Å². The van der Waals surface area contributed by atoms with E-state index in [1.807, 2.05) is 6.07 Å². The van der Waals surface area contributed by atoms with Crippen molar-refractivity contribution >= 4 is 23.5 Å². The van der Waals surface area contributed by atoms with E-state index in [0.717, 1.165) is 5.56 Å². The Hall–Kier alpha value is -3.55. The predicted molar refractivity (Wildman–Crippen MR) is 107 cm³/mol. The zero-order valence-corrected chi connectivity index (χ0v) is 16.6. The van der Waals surface area contributed by atoms with E-state index in [1.165, 1.54) is 12.1 Å². The van der Waals surface area contributed by atoms with Crippen molar-refractivity contribution in [3.63, 3.8) is 0 Å². The summed E-state index contributed by atoms with van der Waals surface area (Å²) in [5, 5.41) is 5.00. The quantitative estimate of drug-likeness (QED) is 0.520. The molecule has 0 aromatic heterocycles. The van der Waals surface area contributed by atoms with Gasteiger partial charge in [-0.3, -0.25) is 9.59 Å². The summed E-state index contributed by atoms with van der Waals surface area (Å²) < 4.78 is 15.4. The van der Waals surface area contributed by atoms with Gasteiger partial charge in [0.25, 0.3) is 0 Å². The molecule has 8 nitrogen and oxygen atoms in total. The second-order valence-electron chi connectivity index (χ2n) is 5.92. The molecule has 0 saturated heterocycles. The molecule has 2 N–H and O–H groups in total. The zero-order chi connectivity index (χ0) is 21.2. The van der Waals surface area contributed by atoms with Crippen molar-refractivity contribution in [1.82, 2.24) is 5.32 Å². The minimum absolute atomic E-state index is 0.181. The summed E-state index contributed by atoms with van der Waals surface area (Å²) in [6.45, 7) is 2.14. The molecule has 0 bridgehead atoms. The van der Waals surface area contributed by atoms with Gasteiger partial charge in [-0.05, 0) is 43.2 Å². The third-order valence-corrected chi connectivity index (χ3v) is 4.02. The number of methoxy groups -OCH3 is 2. The summed E-state index contributed by atoms with van der Waals surface area (Å²) in [6.07, 6.45) is 0.499. The molecule has 8 heteroatoms. The zero-order valence-electron chi connectivity index (χ0n) is 16.6. The molecule has 0 radical (unpaired) electrons. The first kappa shape index (κ1) is 21.7. The molecular formula is C21H24N2O6. The van der Waals surface area contributed by atoms with Crippen LogP contribution in [0.15, 0.2) is 42.5 Å². The second kappa shape index (κ2) is 10.7. The summed E-state index contributed by atoms with van der Waals surface area (Å²) in [4.78, 5) is 36.2. The molecule has 29 heavy (non-hydrogen) atoms. The van der Waals surface area contributed by atoms with Gasteiger partial charge in [-0.15, -0.1) is 0 Å². The van der Waals surface area contributed by atoms with Gasteiger partial charge in [0.2, 0.25) is 0 Å². The predicted octanol–water partition coefficient (Wildman–Crippen LogP) is 2.18. The Morgan fingerprint density at radius 2 is 1.66 bits per heavy atom. The van der Waals surface area contributed by atoms with Crippen LogP contribution < -0.4 is 20.1 Å². The van der Waals surface area contributed by atoms with E-state index in [0.29, 0.717) is 17.9 Å². The maximum Gasteiger partial charge on any atom is 0.340 e. The second-order valence-corrected chi connectivity index (χ2v) is 5.92. The van der Waals surface area contributed by atoms with Crippen molar-refractivity contribution < 1.29 is 28.6 Å². The van der Waals surface area contributed by atoms with E-state index in [-0.39, 0.29) is 24.4 Å². The fourth-order valence-corrected chi connectivity index (χ4v) is 2.59. The van der Waals surface area contributed by atoms with Crippen LogP contribution in [0.1, 0.15) is 22.8 Å². The van der Waals surface area contributed by atoms with Gasteiger partial charge in [0.1, 0.15) is 0 Å². The van der Waals surface area contributed by atoms with Gasteiger partial charge in [-0.25, -0.2) is 4.79 Å².